The minimum atomic E-state index is -0.152. The Hall–Kier alpha value is -3.27. The van der Waals surface area contributed by atoms with E-state index >= 15 is 0 Å². The van der Waals surface area contributed by atoms with Crippen LogP contribution in [0, 0.1) is 0 Å². The van der Waals surface area contributed by atoms with Gasteiger partial charge in [-0.05, 0) is 71.3 Å². The molecule has 0 saturated carbocycles. The van der Waals surface area contributed by atoms with Crippen molar-refractivity contribution < 1.29 is 9.53 Å². The molecule has 4 nitrogen and oxygen atoms in total. The molecule has 172 valence electrons. The van der Waals surface area contributed by atoms with E-state index in [4.69, 9.17) is 4.74 Å². The zero-order valence-corrected chi connectivity index (χ0v) is 20.3. The van der Waals surface area contributed by atoms with Crippen LogP contribution in [-0.4, -0.2) is 27.1 Å². The highest BCUT2D eigenvalue weighted by Crippen LogP contribution is 2.40. The maximum atomic E-state index is 14.0. The molecule has 0 radical (unpaired) electrons. The topological polar surface area (TPSA) is 32.8 Å². The summed E-state index contributed by atoms with van der Waals surface area (Å²) in [5, 5.41) is 0. The molecule has 33 heavy (non-hydrogen) atoms. The summed E-state index contributed by atoms with van der Waals surface area (Å²) in [6, 6.07) is 23.0. The zero-order valence-electron chi connectivity index (χ0n) is 20.3. The first-order valence-corrected chi connectivity index (χ1v) is 11.7. The van der Waals surface area contributed by atoms with Crippen LogP contribution in [0.5, 0.6) is 5.75 Å². The van der Waals surface area contributed by atoms with Crippen LogP contribution in [-0.2, 0) is 17.8 Å². The van der Waals surface area contributed by atoms with Gasteiger partial charge in [0.2, 0.25) is 5.91 Å². The fourth-order valence-electron chi connectivity index (χ4n) is 4.67. The van der Waals surface area contributed by atoms with E-state index in [0.717, 1.165) is 41.1 Å². The highest BCUT2D eigenvalue weighted by Gasteiger charge is 2.34. The lowest BCUT2D eigenvalue weighted by Crippen LogP contribution is -2.34. The molecule has 0 aromatic heterocycles. The van der Waals surface area contributed by atoms with Crippen LogP contribution in [0.25, 0.3) is 0 Å². The van der Waals surface area contributed by atoms with Crippen LogP contribution >= 0.6 is 0 Å². The third kappa shape index (κ3) is 4.75. The molecule has 0 saturated heterocycles. The van der Waals surface area contributed by atoms with Gasteiger partial charge in [-0.25, -0.2) is 0 Å². The van der Waals surface area contributed by atoms with Gasteiger partial charge in [0.25, 0.3) is 0 Å². The first-order chi connectivity index (χ1) is 15.9. The lowest BCUT2D eigenvalue weighted by Gasteiger charge is -2.27. The Morgan fingerprint density at radius 2 is 1.64 bits per heavy atom. The molecule has 1 aliphatic rings. The zero-order chi connectivity index (χ0) is 23.5. The second kappa shape index (κ2) is 9.70. The number of anilines is 2. The maximum Gasteiger partial charge on any atom is 0.234 e. The Morgan fingerprint density at radius 1 is 0.970 bits per heavy atom. The molecular weight excluding hydrogens is 408 g/mol. The summed E-state index contributed by atoms with van der Waals surface area (Å²) in [6.07, 6.45) is 1.68. The van der Waals surface area contributed by atoms with Crippen molar-refractivity contribution in [2.24, 2.45) is 0 Å². The third-order valence-corrected chi connectivity index (χ3v) is 6.68. The lowest BCUT2D eigenvalue weighted by molar-refractivity contribution is -0.120. The number of amides is 1. The number of rotatable bonds is 7. The van der Waals surface area contributed by atoms with Gasteiger partial charge in [-0.15, -0.1) is 0 Å². The van der Waals surface area contributed by atoms with E-state index in [0.29, 0.717) is 12.5 Å². The molecule has 4 rings (SSSR count). The van der Waals surface area contributed by atoms with Crippen LogP contribution in [0.3, 0.4) is 0 Å². The SMILES string of the molecule is COc1cccc2c1CCC2C(=O)N(Cc1ccc(N(C)C)cc1)c1ccc(C(C)C)cc1. The van der Waals surface area contributed by atoms with Gasteiger partial charge in [0.05, 0.1) is 19.6 Å². The summed E-state index contributed by atoms with van der Waals surface area (Å²) in [5.41, 5.74) is 6.75. The molecule has 1 unspecified atom stereocenters. The quantitative estimate of drug-likeness (QED) is 0.440. The van der Waals surface area contributed by atoms with Gasteiger partial charge in [-0.2, -0.15) is 0 Å². The van der Waals surface area contributed by atoms with Crippen molar-refractivity contribution in [2.45, 2.75) is 45.1 Å². The third-order valence-electron chi connectivity index (χ3n) is 6.68. The number of carbonyl (C=O) groups excluding carboxylic acids is 1. The van der Waals surface area contributed by atoms with E-state index in [9.17, 15) is 4.79 Å². The summed E-state index contributed by atoms with van der Waals surface area (Å²) in [4.78, 5) is 18.0. The largest absolute Gasteiger partial charge is 0.496 e. The Kier molecular flexibility index (Phi) is 6.73. The van der Waals surface area contributed by atoms with Crippen molar-refractivity contribution in [3.05, 3.63) is 89.0 Å². The van der Waals surface area contributed by atoms with Crippen molar-refractivity contribution in [3.63, 3.8) is 0 Å². The molecule has 0 heterocycles. The Bertz CT molecular complexity index is 1100. The monoisotopic (exact) mass is 442 g/mol. The van der Waals surface area contributed by atoms with Gasteiger partial charge in [0, 0.05) is 25.5 Å². The molecule has 0 spiro atoms. The number of methoxy groups -OCH3 is 1. The van der Waals surface area contributed by atoms with E-state index in [2.05, 4.69) is 73.3 Å². The second-order valence-electron chi connectivity index (χ2n) is 9.35. The first-order valence-electron chi connectivity index (χ1n) is 11.7. The number of carbonyl (C=O) groups is 1. The molecule has 3 aromatic carbocycles. The summed E-state index contributed by atoms with van der Waals surface area (Å²) in [5.74, 6) is 1.34. The molecule has 1 atom stereocenters. The summed E-state index contributed by atoms with van der Waals surface area (Å²) in [6.45, 7) is 4.92. The van der Waals surface area contributed by atoms with Gasteiger partial charge in [-0.1, -0.05) is 50.2 Å². The molecular formula is C29H34N2O2. The van der Waals surface area contributed by atoms with Gasteiger partial charge < -0.3 is 14.5 Å². The molecule has 0 bridgehead atoms. The van der Waals surface area contributed by atoms with Crippen molar-refractivity contribution in [1.82, 2.24) is 0 Å². The van der Waals surface area contributed by atoms with Crippen molar-refractivity contribution in [3.8, 4) is 5.75 Å². The maximum absolute atomic E-state index is 14.0. The van der Waals surface area contributed by atoms with Crippen LogP contribution in [0.2, 0.25) is 0 Å². The summed E-state index contributed by atoms with van der Waals surface area (Å²) in [7, 11) is 5.77. The molecule has 4 heteroatoms. The van der Waals surface area contributed by atoms with E-state index in [1.165, 1.54) is 11.1 Å². The van der Waals surface area contributed by atoms with E-state index in [1.807, 2.05) is 31.1 Å². The van der Waals surface area contributed by atoms with Crippen molar-refractivity contribution in [1.29, 1.82) is 0 Å². The number of hydrogen-bond acceptors (Lipinski definition) is 3. The van der Waals surface area contributed by atoms with E-state index < -0.39 is 0 Å². The van der Waals surface area contributed by atoms with Crippen LogP contribution in [0.4, 0.5) is 11.4 Å². The number of ether oxygens (including phenoxy) is 1. The first kappa shape index (κ1) is 22.9. The number of benzene rings is 3. The number of nitrogens with zero attached hydrogens (tertiary/aromatic N) is 2. The highest BCUT2D eigenvalue weighted by atomic mass is 16.5. The minimum Gasteiger partial charge on any atom is -0.496 e. The van der Waals surface area contributed by atoms with Gasteiger partial charge >= 0.3 is 0 Å². The highest BCUT2D eigenvalue weighted by molar-refractivity contribution is 5.99. The average molecular weight is 443 g/mol. The summed E-state index contributed by atoms with van der Waals surface area (Å²) >= 11 is 0. The fraction of sp³-hybridized carbons (Fsp3) is 0.345. The van der Waals surface area contributed by atoms with Gasteiger partial charge in [0.1, 0.15) is 5.75 Å². The predicted octanol–water partition coefficient (Wildman–Crippen LogP) is 6.15. The van der Waals surface area contributed by atoms with E-state index in [-0.39, 0.29) is 11.8 Å². The Balaban J connectivity index is 1.68. The van der Waals surface area contributed by atoms with Crippen LogP contribution in [0.1, 0.15) is 54.4 Å². The minimum absolute atomic E-state index is 0.149. The van der Waals surface area contributed by atoms with Crippen LogP contribution in [0.15, 0.2) is 66.7 Å². The van der Waals surface area contributed by atoms with E-state index in [1.54, 1.807) is 7.11 Å². The number of fused-ring (bicyclic) bond motifs is 1. The second-order valence-corrected chi connectivity index (χ2v) is 9.35. The average Bonchev–Trinajstić information content (AvgIpc) is 3.27. The lowest BCUT2D eigenvalue weighted by atomic mass is 9.98. The fourth-order valence-corrected chi connectivity index (χ4v) is 4.67. The molecule has 1 amide bonds. The Labute approximate surface area is 197 Å². The normalized spacial score (nSPS) is 14.8. The molecule has 1 aliphatic carbocycles. The number of hydrogen-bond donors (Lipinski definition) is 0. The Morgan fingerprint density at radius 3 is 2.24 bits per heavy atom. The molecule has 0 N–H and O–H groups in total. The molecule has 3 aromatic rings. The summed E-state index contributed by atoms with van der Waals surface area (Å²) < 4.78 is 5.56. The smallest absolute Gasteiger partial charge is 0.234 e. The molecule has 0 aliphatic heterocycles. The van der Waals surface area contributed by atoms with Gasteiger partial charge in [-0.3, -0.25) is 4.79 Å². The van der Waals surface area contributed by atoms with Gasteiger partial charge in [0.15, 0.2) is 0 Å². The standard InChI is InChI=1S/C29H34N2O2/c1-20(2)22-11-15-24(16-12-22)31(19-21-9-13-23(14-10-21)30(3)4)29(32)27-18-17-26-25(27)7-6-8-28(26)33-5/h6-16,20,27H,17-19H2,1-5H3. The predicted molar refractivity (Wildman–Crippen MR) is 137 cm³/mol. The van der Waals surface area contributed by atoms with Crippen molar-refractivity contribution >= 4 is 17.3 Å². The molecule has 0 fully saturated rings. The van der Waals surface area contributed by atoms with Crippen molar-refractivity contribution in [2.75, 3.05) is 31.0 Å². The van der Waals surface area contributed by atoms with Crippen LogP contribution < -0.4 is 14.5 Å².